The van der Waals surface area contributed by atoms with E-state index >= 15 is 0 Å². The molecule has 51 heavy (non-hydrogen) atoms. The minimum absolute atomic E-state index is 0.101. The van der Waals surface area contributed by atoms with Crippen molar-refractivity contribution in [2.24, 2.45) is 0 Å². The van der Waals surface area contributed by atoms with Crippen molar-refractivity contribution < 1.29 is 9.52 Å². The van der Waals surface area contributed by atoms with Crippen LogP contribution in [0, 0.1) is 0 Å². The Labute approximate surface area is 296 Å². The molecule has 246 valence electrons. The molecular formula is C46H35N3O2. The van der Waals surface area contributed by atoms with Crippen molar-refractivity contribution in [3.63, 3.8) is 0 Å². The Morgan fingerprint density at radius 2 is 1.37 bits per heavy atom. The summed E-state index contributed by atoms with van der Waals surface area (Å²) in [4.78, 5) is 10.2. The minimum Gasteiger partial charge on any atom is -0.507 e. The molecule has 3 aromatic heterocycles. The van der Waals surface area contributed by atoms with Gasteiger partial charge >= 0.3 is 0 Å². The van der Waals surface area contributed by atoms with Gasteiger partial charge in [-0.1, -0.05) is 112 Å². The summed E-state index contributed by atoms with van der Waals surface area (Å²) >= 11 is 0. The normalized spacial score (nSPS) is 11.9. The Balaban J connectivity index is 1.39. The lowest BCUT2D eigenvalue weighted by Crippen LogP contribution is -2.11. The Morgan fingerprint density at radius 1 is 0.627 bits per heavy atom. The molecule has 0 radical (unpaired) electrons. The Morgan fingerprint density at radius 3 is 2.20 bits per heavy atom. The van der Waals surface area contributed by atoms with Crippen LogP contribution in [0.3, 0.4) is 0 Å². The van der Waals surface area contributed by atoms with Crippen molar-refractivity contribution in [3.05, 3.63) is 157 Å². The highest BCUT2D eigenvalue weighted by Crippen LogP contribution is 2.45. The maximum atomic E-state index is 11.7. The van der Waals surface area contributed by atoms with Gasteiger partial charge in [0.1, 0.15) is 22.5 Å². The number of aromatic nitrogens is 3. The van der Waals surface area contributed by atoms with Crippen LogP contribution in [0.15, 0.2) is 156 Å². The molecule has 0 fully saturated rings. The van der Waals surface area contributed by atoms with Crippen LogP contribution in [0.2, 0.25) is 0 Å². The SMILES string of the molecule is CC(C)(C)c1cc(-c2ccccn2)cc(-c2cccc3c2nc(-c2c(O)ccc4c2oc2ccccc24)n3-c2ccccc2-c2ccccc2)c1. The predicted octanol–water partition coefficient (Wildman–Crippen LogP) is 12.0. The molecule has 0 unspecified atom stereocenters. The second-order valence-corrected chi connectivity index (χ2v) is 14.0. The van der Waals surface area contributed by atoms with Gasteiger partial charge in [-0.05, 0) is 76.7 Å². The van der Waals surface area contributed by atoms with Gasteiger partial charge in [0.05, 0.1) is 22.4 Å². The first-order valence-corrected chi connectivity index (χ1v) is 17.2. The smallest absolute Gasteiger partial charge is 0.153 e. The van der Waals surface area contributed by atoms with Crippen LogP contribution in [0.5, 0.6) is 5.75 Å². The van der Waals surface area contributed by atoms with Crippen LogP contribution < -0.4 is 0 Å². The summed E-state index contributed by atoms with van der Waals surface area (Å²) in [5.74, 6) is 0.698. The van der Waals surface area contributed by atoms with Crippen molar-refractivity contribution in [2.75, 3.05) is 0 Å². The molecule has 6 aromatic carbocycles. The molecular weight excluding hydrogens is 627 g/mol. The third kappa shape index (κ3) is 5.17. The summed E-state index contributed by atoms with van der Waals surface area (Å²) in [6, 6.07) is 49.5. The van der Waals surface area contributed by atoms with Crippen LogP contribution in [0.25, 0.3) is 83.6 Å². The number of para-hydroxylation sites is 3. The standard InChI is InChI=1S/C46H35N3O2/c1-46(2,3)32-27-30(26-31(28-32)37-19-11-12-25-47-37)34-18-13-21-39-43(34)48-45(49(39)38-20-9-7-16-33(38)29-14-5-4-6-15-29)42-40(50)24-23-36-35-17-8-10-22-41(35)51-44(36)42/h4-28,50H,1-3H3. The van der Waals surface area contributed by atoms with Gasteiger partial charge < -0.3 is 9.52 Å². The second kappa shape index (κ2) is 11.9. The fourth-order valence-electron chi connectivity index (χ4n) is 7.17. The molecule has 9 rings (SSSR count). The summed E-state index contributed by atoms with van der Waals surface area (Å²) in [7, 11) is 0. The van der Waals surface area contributed by atoms with Gasteiger partial charge in [0, 0.05) is 33.7 Å². The zero-order chi connectivity index (χ0) is 34.7. The number of rotatable bonds is 5. The lowest BCUT2D eigenvalue weighted by Gasteiger charge is -2.21. The highest BCUT2D eigenvalue weighted by molar-refractivity contribution is 6.11. The number of hydrogen-bond acceptors (Lipinski definition) is 4. The maximum Gasteiger partial charge on any atom is 0.153 e. The average molecular weight is 662 g/mol. The summed E-state index contributed by atoms with van der Waals surface area (Å²) in [6.45, 7) is 6.71. The average Bonchev–Trinajstić information content (AvgIpc) is 3.73. The quantitative estimate of drug-likeness (QED) is 0.199. The molecule has 0 aliphatic carbocycles. The number of pyridine rings is 1. The molecule has 5 nitrogen and oxygen atoms in total. The highest BCUT2D eigenvalue weighted by atomic mass is 16.3. The van der Waals surface area contributed by atoms with Crippen molar-refractivity contribution >= 4 is 33.0 Å². The molecule has 5 heteroatoms. The van der Waals surface area contributed by atoms with Crippen LogP contribution in [0.1, 0.15) is 26.3 Å². The second-order valence-electron chi connectivity index (χ2n) is 14.0. The fraction of sp³-hybridized carbons (Fsp3) is 0.0870. The number of fused-ring (bicyclic) bond motifs is 4. The molecule has 0 aliphatic heterocycles. The van der Waals surface area contributed by atoms with Gasteiger partial charge in [-0.3, -0.25) is 9.55 Å². The minimum atomic E-state index is -0.102. The Kier molecular flexibility index (Phi) is 7.11. The van der Waals surface area contributed by atoms with Crippen molar-refractivity contribution in [2.45, 2.75) is 26.2 Å². The van der Waals surface area contributed by atoms with Crippen molar-refractivity contribution in [1.82, 2.24) is 14.5 Å². The van der Waals surface area contributed by atoms with E-state index in [0.717, 1.165) is 66.6 Å². The summed E-state index contributed by atoms with van der Waals surface area (Å²) < 4.78 is 8.71. The molecule has 3 heterocycles. The highest BCUT2D eigenvalue weighted by Gasteiger charge is 2.26. The van der Waals surface area contributed by atoms with Crippen LogP contribution in [-0.4, -0.2) is 19.6 Å². The largest absolute Gasteiger partial charge is 0.507 e. The van der Waals surface area contributed by atoms with Crippen molar-refractivity contribution in [3.8, 4) is 56.3 Å². The van der Waals surface area contributed by atoms with E-state index < -0.39 is 0 Å². The third-order valence-electron chi connectivity index (χ3n) is 9.73. The first-order chi connectivity index (χ1) is 24.8. The number of benzene rings is 6. The molecule has 0 saturated heterocycles. The van der Waals surface area contributed by atoms with E-state index in [0.29, 0.717) is 17.0 Å². The molecule has 0 saturated carbocycles. The molecule has 0 spiro atoms. The van der Waals surface area contributed by atoms with Crippen LogP contribution in [0.4, 0.5) is 0 Å². The van der Waals surface area contributed by atoms with Gasteiger partial charge in [-0.15, -0.1) is 0 Å². The number of hydrogen-bond donors (Lipinski definition) is 1. The maximum absolute atomic E-state index is 11.7. The zero-order valence-corrected chi connectivity index (χ0v) is 28.6. The monoisotopic (exact) mass is 661 g/mol. The van der Waals surface area contributed by atoms with E-state index in [4.69, 9.17) is 14.4 Å². The van der Waals surface area contributed by atoms with Crippen LogP contribution >= 0.6 is 0 Å². The topological polar surface area (TPSA) is 64.1 Å². The number of phenols is 1. The van der Waals surface area contributed by atoms with Crippen molar-refractivity contribution in [1.29, 1.82) is 0 Å². The molecule has 1 N–H and O–H groups in total. The molecule has 0 amide bonds. The molecule has 0 bridgehead atoms. The van der Waals surface area contributed by atoms with E-state index in [2.05, 4.69) is 122 Å². The van der Waals surface area contributed by atoms with E-state index in [9.17, 15) is 5.11 Å². The van der Waals surface area contributed by atoms with E-state index in [1.165, 1.54) is 5.56 Å². The lowest BCUT2D eigenvalue weighted by molar-refractivity contribution is 0.476. The molecule has 0 aliphatic rings. The van der Waals surface area contributed by atoms with Gasteiger partial charge in [-0.2, -0.15) is 0 Å². The zero-order valence-electron chi connectivity index (χ0n) is 28.6. The number of nitrogens with zero attached hydrogens (tertiary/aromatic N) is 3. The van der Waals surface area contributed by atoms with E-state index in [1.807, 2.05) is 48.7 Å². The number of imidazole rings is 1. The number of furan rings is 1. The summed E-state index contributed by atoms with van der Waals surface area (Å²) in [6.07, 6.45) is 1.84. The van der Waals surface area contributed by atoms with Gasteiger partial charge in [0.25, 0.3) is 0 Å². The molecule has 0 atom stereocenters. The van der Waals surface area contributed by atoms with E-state index in [-0.39, 0.29) is 11.2 Å². The summed E-state index contributed by atoms with van der Waals surface area (Å²) in [5.41, 5.74) is 11.8. The number of phenolic OH excluding ortho intramolecular Hbond substituents is 1. The van der Waals surface area contributed by atoms with Crippen LogP contribution in [-0.2, 0) is 5.41 Å². The Bertz CT molecular complexity index is 2740. The van der Waals surface area contributed by atoms with Gasteiger partial charge in [0.15, 0.2) is 5.82 Å². The van der Waals surface area contributed by atoms with Gasteiger partial charge in [-0.25, -0.2) is 4.98 Å². The summed E-state index contributed by atoms with van der Waals surface area (Å²) in [5, 5.41) is 13.6. The van der Waals surface area contributed by atoms with E-state index in [1.54, 1.807) is 6.07 Å². The first kappa shape index (κ1) is 30.6. The first-order valence-electron chi connectivity index (χ1n) is 17.2. The number of aromatic hydroxyl groups is 1. The molecule has 9 aromatic rings. The van der Waals surface area contributed by atoms with Gasteiger partial charge in [0.2, 0.25) is 0 Å². The third-order valence-corrected chi connectivity index (χ3v) is 9.73. The Hall–Kier alpha value is -6.46. The lowest BCUT2D eigenvalue weighted by atomic mass is 9.83. The predicted molar refractivity (Wildman–Crippen MR) is 208 cm³/mol. The fourth-order valence-corrected chi connectivity index (χ4v) is 7.17.